The number of thioether (sulfide) groups is 1. The molecule has 0 aliphatic rings. The summed E-state index contributed by atoms with van der Waals surface area (Å²) < 4.78 is 35.6. The van der Waals surface area contributed by atoms with Gasteiger partial charge in [0.2, 0.25) is 5.28 Å². The molecule has 1 aromatic rings. The zero-order valence-corrected chi connectivity index (χ0v) is 14.1. The van der Waals surface area contributed by atoms with E-state index < -0.39 is 18.6 Å². The van der Waals surface area contributed by atoms with E-state index in [0.717, 1.165) is 0 Å². The number of hydrogen-bond acceptors (Lipinski definition) is 4. The van der Waals surface area contributed by atoms with Gasteiger partial charge in [-0.25, -0.2) is 9.97 Å². The summed E-state index contributed by atoms with van der Waals surface area (Å²) in [5, 5.41) is 1.91. The highest BCUT2D eigenvalue weighted by Crippen LogP contribution is 2.16. The largest absolute Gasteiger partial charge is 0.405 e. The number of alkyl halides is 3. The summed E-state index contributed by atoms with van der Waals surface area (Å²) in [6, 6.07) is 1.27. The van der Waals surface area contributed by atoms with E-state index in [-0.39, 0.29) is 11.0 Å². The second-order valence-electron chi connectivity index (χ2n) is 2.86. The molecule has 1 amide bonds. The second kappa shape index (κ2) is 11.6. The quantitative estimate of drug-likeness (QED) is 0.507. The van der Waals surface area contributed by atoms with Crippen molar-refractivity contribution < 1.29 is 18.0 Å². The van der Waals surface area contributed by atoms with Gasteiger partial charge in [0.15, 0.2) is 0 Å². The lowest BCUT2D eigenvalue weighted by molar-refractivity contribution is -0.123. The van der Waals surface area contributed by atoms with Gasteiger partial charge in [-0.1, -0.05) is 27.7 Å². The molecule has 0 aliphatic heterocycles. The molecule has 0 saturated heterocycles. The van der Waals surface area contributed by atoms with Crippen LogP contribution in [0.3, 0.4) is 0 Å². The third kappa shape index (κ3) is 10.4. The Hall–Kier alpha value is -1.02. The van der Waals surface area contributed by atoms with E-state index in [9.17, 15) is 18.0 Å². The predicted molar refractivity (Wildman–Crippen MR) is 79.9 cm³/mol. The number of aromatic nitrogens is 2. The molecule has 1 heterocycles. The van der Waals surface area contributed by atoms with Gasteiger partial charge in [0, 0.05) is 6.07 Å². The van der Waals surface area contributed by atoms with E-state index in [1.165, 1.54) is 17.8 Å². The van der Waals surface area contributed by atoms with Gasteiger partial charge in [0.05, 0.1) is 0 Å². The zero-order chi connectivity index (χ0) is 17.1. The van der Waals surface area contributed by atoms with E-state index in [4.69, 9.17) is 11.6 Å². The molecule has 0 saturated carbocycles. The Morgan fingerprint density at radius 2 is 1.81 bits per heavy atom. The van der Waals surface area contributed by atoms with Crippen molar-refractivity contribution in [2.45, 2.75) is 38.9 Å². The van der Waals surface area contributed by atoms with Crippen LogP contribution in [0.4, 0.5) is 13.2 Å². The smallest absolute Gasteiger partial charge is 0.342 e. The normalized spacial score (nSPS) is 9.76. The van der Waals surface area contributed by atoms with E-state index in [2.05, 4.69) is 9.97 Å². The van der Waals surface area contributed by atoms with Gasteiger partial charge in [0.25, 0.3) is 5.91 Å². The molecule has 0 spiro atoms. The molecule has 122 valence electrons. The van der Waals surface area contributed by atoms with Crippen molar-refractivity contribution in [1.82, 2.24) is 15.3 Å². The number of nitrogens with one attached hydrogen (secondary N) is 1. The fourth-order valence-electron chi connectivity index (χ4n) is 0.889. The second-order valence-corrected chi connectivity index (χ2v) is 4.03. The number of halogens is 4. The monoisotopic (exact) mass is 345 g/mol. The van der Waals surface area contributed by atoms with Crippen LogP contribution in [0.25, 0.3) is 0 Å². The molecule has 0 atom stereocenters. The first kappa shape index (κ1) is 22.3. The Morgan fingerprint density at radius 3 is 2.24 bits per heavy atom. The number of carbonyl (C=O) groups excluding carboxylic acids is 1. The highest BCUT2D eigenvalue weighted by Gasteiger charge is 2.28. The SMILES string of the molecule is CC.CC.CSc1cc(C(=O)NCC(F)(F)F)nc(Cl)n1. The zero-order valence-electron chi connectivity index (χ0n) is 12.5. The van der Waals surface area contributed by atoms with Crippen LogP contribution >= 0.6 is 23.4 Å². The van der Waals surface area contributed by atoms with Gasteiger partial charge in [-0.05, 0) is 17.9 Å². The van der Waals surface area contributed by atoms with Crippen LogP contribution in [0, 0.1) is 0 Å². The summed E-state index contributed by atoms with van der Waals surface area (Å²) in [7, 11) is 0. The van der Waals surface area contributed by atoms with Gasteiger partial charge in [-0.15, -0.1) is 11.8 Å². The fourth-order valence-corrected chi connectivity index (χ4v) is 1.53. The van der Waals surface area contributed by atoms with Crippen LogP contribution in [0.15, 0.2) is 11.1 Å². The van der Waals surface area contributed by atoms with Crippen molar-refractivity contribution in [1.29, 1.82) is 0 Å². The third-order valence-electron chi connectivity index (χ3n) is 1.57. The highest BCUT2D eigenvalue weighted by atomic mass is 35.5. The minimum atomic E-state index is -4.46. The number of hydrogen-bond donors (Lipinski definition) is 1. The van der Waals surface area contributed by atoms with Crippen LogP contribution in [0.5, 0.6) is 0 Å². The first-order valence-electron chi connectivity index (χ1n) is 6.25. The van der Waals surface area contributed by atoms with E-state index >= 15 is 0 Å². The molecular weight excluding hydrogens is 327 g/mol. The van der Waals surface area contributed by atoms with Crippen molar-refractivity contribution in [3.63, 3.8) is 0 Å². The molecule has 1 N–H and O–H groups in total. The molecule has 21 heavy (non-hydrogen) atoms. The number of carbonyl (C=O) groups is 1. The Kier molecular flexibility index (Phi) is 12.3. The number of nitrogens with zero attached hydrogens (tertiary/aromatic N) is 2. The first-order valence-corrected chi connectivity index (χ1v) is 7.85. The average molecular weight is 346 g/mol. The van der Waals surface area contributed by atoms with Crippen molar-refractivity contribution >= 4 is 29.3 Å². The molecule has 0 fully saturated rings. The summed E-state index contributed by atoms with van der Waals surface area (Å²) in [5.74, 6) is -0.943. The summed E-state index contributed by atoms with van der Waals surface area (Å²) in [4.78, 5) is 18.6. The Labute approximate surface area is 131 Å². The molecule has 0 aromatic carbocycles. The molecule has 4 nitrogen and oxygen atoms in total. The number of amides is 1. The summed E-state index contributed by atoms with van der Waals surface area (Å²) in [6.07, 6.45) is -2.77. The third-order valence-corrected chi connectivity index (χ3v) is 2.36. The number of rotatable bonds is 3. The first-order chi connectivity index (χ1) is 9.81. The molecule has 0 unspecified atom stereocenters. The minimum Gasteiger partial charge on any atom is -0.342 e. The lowest BCUT2D eigenvalue weighted by atomic mass is 10.4. The summed E-state index contributed by atoms with van der Waals surface area (Å²) >= 11 is 6.73. The molecular formula is C12H19ClF3N3OS. The van der Waals surface area contributed by atoms with E-state index in [1.54, 1.807) is 11.6 Å². The van der Waals surface area contributed by atoms with Crippen molar-refractivity contribution in [3.05, 3.63) is 17.0 Å². The van der Waals surface area contributed by atoms with Crippen LogP contribution in [-0.4, -0.2) is 34.9 Å². The van der Waals surface area contributed by atoms with Crippen LogP contribution in [-0.2, 0) is 0 Å². The van der Waals surface area contributed by atoms with Crippen LogP contribution < -0.4 is 5.32 Å². The lowest BCUT2D eigenvalue weighted by Gasteiger charge is -2.08. The average Bonchev–Trinajstić information content (AvgIpc) is 2.47. The maximum atomic E-state index is 11.9. The van der Waals surface area contributed by atoms with Crippen molar-refractivity contribution in [2.75, 3.05) is 12.8 Å². The fraction of sp³-hybridized carbons (Fsp3) is 0.583. The standard InChI is InChI=1S/C8H7ClF3N3OS.2C2H6/c1-17-5-2-4(14-7(9)15-5)6(16)13-3-8(10,11)12;2*1-2/h2H,3H2,1H3,(H,13,16);2*1-2H3. The summed E-state index contributed by atoms with van der Waals surface area (Å²) in [6.45, 7) is 6.59. The predicted octanol–water partition coefficient (Wildman–Crippen LogP) is 4.20. The molecule has 1 rings (SSSR count). The van der Waals surface area contributed by atoms with Crippen molar-refractivity contribution in [3.8, 4) is 0 Å². The lowest BCUT2D eigenvalue weighted by Crippen LogP contribution is -2.34. The Morgan fingerprint density at radius 1 is 1.29 bits per heavy atom. The van der Waals surface area contributed by atoms with Gasteiger partial charge >= 0.3 is 6.18 Å². The topological polar surface area (TPSA) is 54.9 Å². The summed E-state index contributed by atoms with van der Waals surface area (Å²) in [5.41, 5.74) is -0.196. The van der Waals surface area contributed by atoms with E-state index in [1.807, 2.05) is 27.7 Å². The Bertz CT molecular complexity index is 431. The Balaban J connectivity index is 0. The molecule has 0 radical (unpaired) electrons. The van der Waals surface area contributed by atoms with Gasteiger partial charge in [-0.3, -0.25) is 4.79 Å². The molecule has 1 aromatic heterocycles. The van der Waals surface area contributed by atoms with E-state index in [0.29, 0.717) is 5.03 Å². The van der Waals surface area contributed by atoms with Gasteiger partial charge in [0.1, 0.15) is 17.3 Å². The van der Waals surface area contributed by atoms with Crippen molar-refractivity contribution in [2.24, 2.45) is 0 Å². The van der Waals surface area contributed by atoms with Gasteiger partial charge < -0.3 is 5.32 Å². The maximum absolute atomic E-state index is 11.9. The maximum Gasteiger partial charge on any atom is 0.405 e. The van der Waals surface area contributed by atoms with Gasteiger partial charge in [-0.2, -0.15) is 13.2 Å². The van der Waals surface area contributed by atoms with Crippen LogP contribution in [0.2, 0.25) is 5.28 Å². The minimum absolute atomic E-state index is 0.186. The molecule has 0 aliphatic carbocycles. The highest BCUT2D eigenvalue weighted by molar-refractivity contribution is 7.98. The molecule has 9 heteroatoms. The molecule has 0 bridgehead atoms. The van der Waals surface area contributed by atoms with Crippen LogP contribution in [0.1, 0.15) is 38.2 Å².